The average molecular weight is 422 g/mol. The Bertz CT molecular complexity index is 766. The number of allylic oxidation sites excluding steroid dienone is 4. The summed E-state index contributed by atoms with van der Waals surface area (Å²) in [4.78, 5) is 35.3. The van der Waals surface area contributed by atoms with Crippen molar-refractivity contribution in [3.63, 3.8) is 0 Å². The lowest BCUT2D eigenvalue weighted by Gasteiger charge is -2.32. The third-order valence-electron chi connectivity index (χ3n) is 4.18. The molecule has 0 atom stereocenters. The Labute approximate surface area is 158 Å². The van der Waals surface area contributed by atoms with E-state index in [-0.39, 0.29) is 5.69 Å². The second-order valence-corrected chi connectivity index (χ2v) is 11.0. The van der Waals surface area contributed by atoms with Crippen LogP contribution in [0, 0.1) is 0 Å². The zero-order valence-electron chi connectivity index (χ0n) is 15.7. The fourth-order valence-electron chi connectivity index (χ4n) is 2.42. The third kappa shape index (κ3) is 6.47. The summed E-state index contributed by atoms with van der Waals surface area (Å²) in [6.45, 7) is 5.55. The summed E-state index contributed by atoms with van der Waals surface area (Å²) in [5.41, 5.74) is 7.79. The minimum atomic E-state index is -5.22. The van der Waals surface area contributed by atoms with Crippen LogP contribution >= 0.6 is 15.2 Å². The van der Waals surface area contributed by atoms with Gasteiger partial charge in [-0.3, -0.25) is 9.13 Å². The van der Waals surface area contributed by atoms with E-state index in [2.05, 4.69) is 16.4 Å². The minimum Gasteiger partial charge on any atom is -0.329 e. The predicted octanol–water partition coefficient (Wildman–Crippen LogP) is 1.52. The Balaban J connectivity index is 2.91. The highest BCUT2D eigenvalue weighted by Gasteiger charge is 2.59. The van der Waals surface area contributed by atoms with E-state index in [4.69, 9.17) is 5.73 Å². The molecule has 0 saturated carbocycles. The van der Waals surface area contributed by atoms with Crippen molar-refractivity contribution in [3.05, 3.63) is 35.2 Å². The molecular formula is C15H28N4O6P2. The van der Waals surface area contributed by atoms with Crippen LogP contribution in [0.5, 0.6) is 0 Å². The quantitative estimate of drug-likeness (QED) is 0.277. The molecule has 12 heteroatoms. The first-order valence-electron chi connectivity index (χ1n) is 8.32. The zero-order chi connectivity index (χ0) is 20.9. The maximum absolute atomic E-state index is 11.8. The molecule has 1 rings (SSSR count). The second-order valence-electron chi connectivity index (χ2n) is 6.75. The van der Waals surface area contributed by atoms with Gasteiger partial charge in [0.2, 0.25) is 0 Å². The molecule has 0 aliphatic carbocycles. The van der Waals surface area contributed by atoms with E-state index >= 15 is 0 Å². The van der Waals surface area contributed by atoms with Gasteiger partial charge in [-0.05, 0) is 33.6 Å². The Kier molecular flexibility index (Phi) is 8.31. The first-order valence-corrected chi connectivity index (χ1v) is 11.5. The molecule has 0 amide bonds. The van der Waals surface area contributed by atoms with Crippen LogP contribution < -0.4 is 5.73 Å². The topological polar surface area (TPSA) is 172 Å². The molecule has 27 heavy (non-hydrogen) atoms. The van der Waals surface area contributed by atoms with E-state index in [1.807, 2.05) is 26.8 Å². The van der Waals surface area contributed by atoms with Crippen LogP contribution in [0.1, 0.15) is 39.3 Å². The number of hydrogen-bond donors (Lipinski definition) is 5. The van der Waals surface area contributed by atoms with Crippen molar-refractivity contribution < 1.29 is 28.7 Å². The fourth-order valence-corrected chi connectivity index (χ4v) is 4.99. The van der Waals surface area contributed by atoms with Gasteiger partial charge in [0.25, 0.3) is 0 Å². The van der Waals surface area contributed by atoms with Gasteiger partial charge in [0.1, 0.15) is 0 Å². The number of aromatic nitrogens is 3. The predicted molar refractivity (Wildman–Crippen MR) is 102 cm³/mol. The molecule has 0 radical (unpaired) electrons. The van der Waals surface area contributed by atoms with E-state index in [0.29, 0.717) is 6.54 Å². The van der Waals surface area contributed by atoms with E-state index < -0.39 is 33.1 Å². The zero-order valence-corrected chi connectivity index (χ0v) is 17.5. The van der Waals surface area contributed by atoms with Gasteiger partial charge in [-0.15, -0.1) is 5.10 Å². The van der Waals surface area contributed by atoms with Crippen molar-refractivity contribution in [2.45, 2.75) is 51.5 Å². The number of nitrogens with two attached hydrogens (primary N) is 1. The van der Waals surface area contributed by atoms with Crippen molar-refractivity contribution in [1.29, 1.82) is 0 Å². The maximum Gasteiger partial charge on any atom is 0.345 e. The molecular weight excluding hydrogens is 394 g/mol. The second kappa shape index (κ2) is 9.39. The van der Waals surface area contributed by atoms with Crippen molar-refractivity contribution in [3.8, 4) is 0 Å². The molecule has 10 nitrogen and oxygen atoms in total. The molecule has 6 N–H and O–H groups in total. The van der Waals surface area contributed by atoms with Gasteiger partial charge in [0.15, 0.2) is 4.90 Å². The highest BCUT2D eigenvalue weighted by atomic mass is 31.2. The molecule has 1 heterocycles. The molecule has 0 aliphatic heterocycles. The fraction of sp³-hybridized carbons (Fsp3) is 0.600. The lowest BCUT2D eigenvalue weighted by Crippen LogP contribution is -2.39. The van der Waals surface area contributed by atoms with Gasteiger partial charge in [0, 0.05) is 19.2 Å². The first kappa shape index (κ1) is 23.9. The Morgan fingerprint density at radius 3 is 2.26 bits per heavy atom. The van der Waals surface area contributed by atoms with Crippen LogP contribution in [0.4, 0.5) is 0 Å². The van der Waals surface area contributed by atoms with E-state index in [0.717, 1.165) is 18.4 Å². The standard InChI is InChI=1S/C15H28N4O6P2/c1-12(2)5-4-6-13(3)7-8-19-10-14(17-18-19)9-15(11-16,26(20,21)22)27(23,24)25/h5,7,10H,4,6,8-9,11,16H2,1-3H3,(H2,20,21,22)(H2,23,24,25)/b13-7+. The highest BCUT2D eigenvalue weighted by molar-refractivity contribution is 7.72. The van der Waals surface area contributed by atoms with Gasteiger partial charge >= 0.3 is 15.2 Å². The van der Waals surface area contributed by atoms with Gasteiger partial charge in [-0.25, -0.2) is 4.68 Å². The largest absolute Gasteiger partial charge is 0.345 e. The Morgan fingerprint density at radius 1 is 1.19 bits per heavy atom. The Morgan fingerprint density at radius 2 is 1.78 bits per heavy atom. The van der Waals surface area contributed by atoms with Gasteiger partial charge in [-0.2, -0.15) is 0 Å². The molecule has 0 aromatic carbocycles. The molecule has 0 unspecified atom stereocenters. The smallest absolute Gasteiger partial charge is 0.329 e. The molecule has 0 bridgehead atoms. The summed E-state index contributed by atoms with van der Waals surface area (Å²) in [7, 11) is -10.4. The van der Waals surface area contributed by atoms with Crippen molar-refractivity contribution in [1.82, 2.24) is 15.0 Å². The summed E-state index contributed by atoms with van der Waals surface area (Å²) in [5, 5.41) is 7.61. The average Bonchev–Trinajstić information content (AvgIpc) is 2.95. The van der Waals surface area contributed by atoms with Crippen molar-refractivity contribution in [2.24, 2.45) is 5.73 Å². The lowest BCUT2D eigenvalue weighted by molar-refractivity contribution is 0.307. The van der Waals surface area contributed by atoms with E-state index in [9.17, 15) is 28.7 Å². The summed E-state index contributed by atoms with van der Waals surface area (Å²) in [6, 6.07) is 0. The number of hydrogen-bond acceptors (Lipinski definition) is 5. The van der Waals surface area contributed by atoms with E-state index in [1.165, 1.54) is 16.5 Å². The van der Waals surface area contributed by atoms with Crippen LogP contribution in [0.2, 0.25) is 0 Å². The van der Waals surface area contributed by atoms with Crippen LogP contribution in [0.25, 0.3) is 0 Å². The number of nitrogens with zero attached hydrogens (tertiary/aromatic N) is 3. The van der Waals surface area contributed by atoms with E-state index in [1.54, 1.807) is 0 Å². The van der Waals surface area contributed by atoms with Crippen LogP contribution in [0.15, 0.2) is 29.5 Å². The van der Waals surface area contributed by atoms with Crippen LogP contribution in [-0.2, 0) is 22.1 Å². The highest BCUT2D eigenvalue weighted by Crippen LogP contribution is 2.69. The van der Waals surface area contributed by atoms with Crippen LogP contribution in [0.3, 0.4) is 0 Å². The molecule has 1 aromatic rings. The molecule has 1 aromatic heterocycles. The summed E-state index contributed by atoms with van der Waals surface area (Å²) in [6.07, 6.45) is 6.62. The number of rotatable bonds is 10. The monoisotopic (exact) mass is 422 g/mol. The van der Waals surface area contributed by atoms with Crippen molar-refractivity contribution >= 4 is 15.2 Å². The summed E-state index contributed by atoms with van der Waals surface area (Å²) < 4.78 is 24.9. The third-order valence-corrected chi connectivity index (χ3v) is 8.59. The molecule has 0 fully saturated rings. The molecule has 0 spiro atoms. The Hall–Kier alpha value is -1.12. The molecule has 0 saturated heterocycles. The SMILES string of the molecule is CC(C)=CCC/C(C)=C/Cn1cc(CC(CN)(P(=O)(O)O)P(=O)(O)O)nn1. The summed E-state index contributed by atoms with van der Waals surface area (Å²) in [5.74, 6) is 0. The normalized spacial score (nSPS) is 13.7. The maximum atomic E-state index is 11.8. The molecule has 154 valence electrons. The lowest BCUT2D eigenvalue weighted by atomic mass is 10.1. The minimum absolute atomic E-state index is 0.0442. The van der Waals surface area contributed by atoms with Gasteiger partial charge in [-0.1, -0.05) is 28.5 Å². The van der Waals surface area contributed by atoms with Gasteiger partial charge in [0.05, 0.1) is 12.2 Å². The summed E-state index contributed by atoms with van der Waals surface area (Å²) >= 11 is 0. The van der Waals surface area contributed by atoms with Crippen LogP contribution in [-0.4, -0.2) is 46.0 Å². The first-order chi connectivity index (χ1) is 12.3. The van der Waals surface area contributed by atoms with Crippen molar-refractivity contribution in [2.75, 3.05) is 6.54 Å². The van der Waals surface area contributed by atoms with Gasteiger partial charge < -0.3 is 25.3 Å². The molecule has 0 aliphatic rings.